The summed E-state index contributed by atoms with van der Waals surface area (Å²) in [5.74, 6) is 3.96. The Labute approximate surface area is 78.5 Å². The third-order valence-electron chi connectivity index (χ3n) is 1.44. The Morgan fingerprint density at radius 2 is 2.29 bits per heavy atom. The van der Waals surface area contributed by atoms with Crippen LogP contribution in [0.4, 0.5) is 5.69 Å². The lowest BCUT2D eigenvalue weighted by molar-refractivity contribution is -0.384. The minimum absolute atomic E-state index is 0.0529. The number of rotatable bonds is 3. The van der Waals surface area contributed by atoms with E-state index in [1.807, 2.05) is 0 Å². The molecule has 1 rings (SSSR count). The van der Waals surface area contributed by atoms with Gasteiger partial charge in [-0.05, 0) is 6.07 Å². The van der Waals surface area contributed by atoms with E-state index in [0.29, 0.717) is 0 Å². The van der Waals surface area contributed by atoms with Crippen LogP contribution in [0.15, 0.2) is 24.3 Å². The SMILES string of the molecule is NNOC(=O)c1cccc([N+](=O)[O-])c1. The Hall–Kier alpha value is -1.99. The highest BCUT2D eigenvalue weighted by atomic mass is 16.7. The predicted molar refractivity (Wildman–Crippen MR) is 45.8 cm³/mol. The first-order valence-electron chi connectivity index (χ1n) is 3.56. The number of carbonyl (C=O) groups excluding carboxylic acids is 1. The molecule has 0 fully saturated rings. The summed E-state index contributed by atoms with van der Waals surface area (Å²) in [7, 11) is 0. The van der Waals surface area contributed by atoms with Crippen molar-refractivity contribution in [3.63, 3.8) is 0 Å². The van der Waals surface area contributed by atoms with Crippen molar-refractivity contribution in [1.82, 2.24) is 5.59 Å². The van der Waals surface area contributed by atoms with Crippen molar-refractivity contribution >= 4 is 11.7 Å². The maximum atomic E-state index is 11.0. The summed E-state index contributed by atoms with van der Waals surface area (Å²) >= 11 is 0. The Balaban J connectivity index is 2.93. The molecule has 0 aliphatic heterocycles. The highest BCUT2D eigenvalue weighted by Gasteiger charge is 2.11. The standard InChI is InChI=1S/C7H7N3O4/c8-9-14-7(11)5-2-1-3-6(4-5)10(12)13/h1-4,9H,8H2. The molecule has 0 amide bonds. The first kappa shape index (κ1) is 10.1. The number of nitro benzene ring substituents is 1. The fourth-order valence-electron chi connectivity index (χ4n) is 0.859. The normalized spacial score (nSPS) is 9.50. The summed E-state index contributed by atoms with van der Waals surface area (Å²) in [6.07, 6.45) is 0. The number of hydrazine groups is 1. The van der Waals surface area contributed by atoms with Gasteiger partial charge in [0, 0.05) is 12.1 Å². The van der Waals surface area contributed by atoms with Crippen LogP contribution in [0.5, 0.6) is 0 Å². The quantitative estimate of drug-likeness (QED) is 0.405. The molecule has 1 aromatic carbocycles. The lowest BCUT2D eigenvalue weighted by Crippen LogP contribution is -2.26. The van der Waals surface area contributed by atoms with Crippen molar-refractivity contribution in [2.24, 2.45) is 5.84 Å². The molecule has 74 valence electrons. The molecule has 0 unspecified atom stereocenters. The van der Waals surface area contributed by atoms with Crippen LogP contribution in [-0.4, -0.2) is 10.9 Å². The second kappa shape index (κ2) is 4.30. The van der Waals surface area contributed by atoms with Crippen LogP contribution in [-0.2, 0) is 4.84 Å². The lowest BCUT2D eigenvalue weighted by Gasteiger charge is -2.00. The molecular formula is C7H7N3O4. The number of non-ortho nitro benzene ring substituents is 1. The van der Waals surface area contributed by atoms with Gasteiger partial charge in [-0.15, -0.1) is 0 Å². The van der Waals surface area contributed by atoms with Gasteiger partial charge < -0.3 is 4.84 Å². The van der Waals surface area contributed by atoms with Gasteiger partial charge in [-0.2, -0.15) is 0 Å². The van der Waals surface area contributed by atoms with Gasteiger partial charge in [-0.25, -0.2) is 10.6 Å². The van der Waals surface area contributed by atoms with Crippen LogP contribution in [0.2, 0.25) is 0 Å². The van der Waals surface area contributed by atoms with Crippen LogP contribution in [0.25, 0.3) is 0 Å². The van der Waals surface area contributed by atoms with Gasteiger partial charge in [0.1, 0.15) is 0 Å². The molecular weight excluding hydrogens is 190 g/mol. The number of carbonyl (C=O) groups is 1. The monoisotopic (exact) mass is 197 g/mol. The molecule has 0 aliphatic rings. The van der Waals surface area contributed by atoms with Crippen molar-refractivity contribution in [3.05, 3.63) is 39.9 Å². The molecule has 0 aliphatic carbocycles. The zero-order valence-corrected chi connectivity index (χ0v) is 6.97. The second-order valence-electron chi connectivity index (χ2n) is 2.31. The second-order valence-corrected chi connectivity index (χ2v) is 2.31. The van der Waals surface area contributed by atoms with Crippen molar-refractivity contribution in [1.29, 1.82) is 0 Å². The number of nitrogens with two attached hydrogens (primary N) is 1. The fourth-order valence-corrected chi connectivity index (χ4v) is 0.859. The summed E-state index contributed by atoms with van der Waals surface area (Å²) in [6.45, 7) is 0. The number of hydrogen-bond donors (Lipinski definition) is 2. The first-order valence-corrected chi connectivity index (χ1v) is 3.56. The molecule has 3 N–H and O–H groups in total. The molecule has 0 aromatic heterocycles. The molecule has 7 heteroatoms. The molecule has 7 nitrogen and oxygen atoms in total. The highest BCUT2D eigenvalue weighted by molar-refractivity contribution is 5.89. The fraction of sp³-hybridized carbons (Fsp3) is 0. The van der Waals surface area contributed by atoms with Crippen LogP contribution in [0, 0.1) is 10.1 Å². The minimum atomic E-state index is -0.781. The molecule has 0 bridgehead atoms. The first-order chi connectivity index (χ1) is 6.65. The summed E-state index contributed by atoms with van der Waals surface area (Å²) in [4.78, 5) is 25.0. The topological polar surface area (TPSA) is 107 Å². The molecule has 0 saturated carbocycles. The predicted octanol–water partition coefficient (Wildman–Crippen LogP) is 0.130. The van der Waals surface area contributed by atoms with E-state index in [1.165, 1.54) is 18.2 Å². The van der Waals surface area contributed by atoms with Gasteiger partial charge in [0.2, 0.25) is 0 Å². The van der Waals surface area contributed by atoms with Crippen molar-refractivity contribution < 1.29 is 14.6 Å². The third kappa shape index (κ3) is 2.25. The van der Waals surface area contributed by atoms with E-state index in [0.717, 1.165) is 6.07 Å². The van der Waals surface area contributed by atoms with Crippen LogP contribution >= 0.6 is 0 Å². The van der Waals surface area contributed by atoms with Gasteiger partial charge in [0.05, 0.1) is 10.5 Å². The van der Waals surface area contributed by atoms with Gasteiger partial charge in [0.25, 0.3) is 5.69 Å². The number of nitrogens with zero attached hydrogens (tertiary/aromatic N) is 1. The van der Waals surface area contributed by atoms with E-state index in [2.05, 4.69) is 4.84 Å². The van der Waals surface area contributed by atoms with E-state index in [-0.39, 0.29) is 11.3 Å². The van der Waals surface area contributed by atoms with Crippen molar-refractivity contribution in [2.75, 3.05) is 0 Å². The Morgan fingerprint density at radius 1 is 1.57 bits per heavy atom. The molecule has 0 heterocycles. The smallest absolute Gasteiger partial charge is 0.351 e. The third-order valence-corrected chi connectivity index (χ3v) is 1.44. The summed E-state index contributed by atoms with van der Waals surface area (Å²) in [5.41, 5.74) is 1.56. The Kier molecular flexibility index (Phi) is 3.10. The average Bonchev–Trinajstić information content (AvgIpc) is 2.18. The molecule has 14 heavy (non-hydrogen) atoms. The maximum absolute atomic E-state index is 11.0. The zero-order chi connectivity index (χ0) is 10.6. The Morgan fingerprint density at radius 3 is 2.86 bits per heavy atom. The Bertz CT molecular complexity index is 366. The molecule has 0 spiro atoms. The van der Waals surface area contributed by atoms with E-state index < -0.39 is 10.9 Å². The number of nitrogens with one attached hydrogen (secondary N) is 1. The van der Waals surface area contributed by atoms with Gasteiger partial charge in [-0.1, -0.05) is 11.7 Å². The van der Waals surface area contributed by atoms with Gasteiger partial charge in [-0.3, -0.25) is 10.1 Å². The van der Waals surface area contributed by atoms with Crippen LogP contribution in [0.3, 0.4) is 0 Å². The van der Waals surface area contributed by atoms with Crippen LogP contribution in [0.1, 0.15) is 10.4 Å². The minimum Gasteiger partial charge on any atom is -0.351 e. The molecule has 0 atom stereocenters. The summed E-state index contributed by atoms with van der Waals surface area (Å²) < 4.78 is 0. The number of benzene rings is 1. The number of nitro groups is 1. The van der Waals surface area contributed by atoms with Crippen molar-refractivity contribution in [2.45, 2.75) is 0 Å². The van der Waals surface area contributed by atoms with E-state index in [4.69, 9.17) is 5.84 Å². The molecule has 0 saturated heterocycles. The van der Waals surface area contributed by atoms with E-state index >= 15 is 0 Å². The van der Waals surface area contributed by atoms with E-state index in [9.17, 15) is 14.9 Å². The largest absolute Gasteiger partial charge is 0.358 e. The highest BCUT2D eigenvalue weighted by Crippen LogP contribution is 2.13. The van der Waals surface area contributed by atoms with Gasteiger partial charge >= 0.3 is 5.97 Å². The molecule has 1 aromatic rings. The van der Waals surface area contributed by atoms with Crippen molar-refractivity contribution in [3.8, 4) is 0 Å². The summed E-state index contributed by atoms with van der Waals surface area (Å²) in [5, 5.41) is 10.3. The van der Waals surface area contributed by atoms with Gasteiger partial charge in [0.15, 0.2) is 0 Å². The maximum Gasteiger partial charge on any atom is 0.358 e. The summed E-state index contributed by atoms with van der Waals surface area (Å²) in [6, 6.07) is 5.13. The zero-order valence-electron chi connectivity index (χ0n) is 6.97. The number of hydrogen-bond acceptors (Lipinski definition) is 6. The lowest BCUT2D eigenvalue weighted by atomic mass is 10.2. The van der Waals surface area contributed by atoms with E-state index in [1.54, 1.807) is 5.59 Å². The average molecular weight is 197 g/mol. The molecule has 0 radical (unpaired) electrons. The van der Waals surface area contributed by atoms with Crippen LogP contribution < -0.4 is 11.4 Å².